The molecule has 2 atom stereocenters. The summed E-state index contributed by atoms with van der Waals surface area (Å²) in [6.07, 6.45) is 1.03. The van der Waals surface area contributed by atoms with Crippen molar-refractivity contribution in [2.75, 3.05) is 19.6 Å². The second-order valence-electron chi connectivity index (χ2n) is 6.61. The molecule has 1 saturated heterocycles. The van der Waals surface area contributed by atoms with Gasteiger partial charge in [0.1, 0.15) is 0 Å². The molecule has 0 bridgehead atoms. The molecule has 0 spiro atoms. The number of rotatable bonds is 2. The monoisotopic (exact) mass is 262 g/mol. The Morgan fingerprint density at radius 1 is 1.47 bits per heavy atom. The fraction of sp³-hybridized carbons (Fsp3) is 0.923. The fourth-order valence-corrected chi connectivity index (χ4v) is 2.02. The maximum atomic E-state index is 12.3. The van der Waals surface area contributed by atoms with Gasteiger partial charge in [0.05, 0.1) is 0 Å². The van der Waals surface area contributed by atoms with Crippen molar-refractivity contribution in [1.29, 1.82) is 0 Å². The first-order chi connectivity index (χ1) is 7.19. The van der Waals surface area contributed by atoms with Crippen molar-refractivity contribution in [3.63, 3.8) is 0 Å². The topological polar surface area (TPSA) is 46.3 Å². The minimum absolute atomic E-state index is 0. The van der Waals surface area contributed by atoms with Crippen molar-refractivity contribution in [3.05, 3.63) is 0 Å². The van der Waals surface area contributed by atoms with Crippen molar-refractivity contribution < 1.29 is 4.79 Å². The van der Waals surface area contributed by atoms with Gasteiger partial charge in [-0.15, -0.1) is 12.4 Å². The molecule has 1 rings (SSSR count). The Labute approximate surface area is 112 Å². The van der Waals surface area contributed by atoms with Crippen LogP contribution in [0.4, 0.5) is 0 Å². The van der Waals surface area contributed by atoms with Gasteiger partial charge in [0.15, 0.2) is 0 Å². The summed E-state index contributed by atoms with van der Waals surface area (Å²) in [4.78, 5) is 14.3. The van der Waals surface area contributed by atoms with Crippen LogP contribution in [0.25, 0.3) is 0 Å². The largest absolute Gasteiger partial charge is 0.342 e. The fourth-order valence-electron chi connectivity index (χ4n) is 2.02. The number of amides is 1. The van der Waals surface area contributed by atoms with Crippen LogP contribution in [0.1, 0.15) is 41.0 Å². The van der Waals surface area contributed by atoms with E-state index in [4.69, 9.17) is 5.73 Å². The maximum Gasteiger partial charge on any atom is 0.225 e. The third-order valence-corrected chi connectivity index (χ3v) is 4.03. The lowest BCUT2D eigenvalue weighted by molar-refractivity contribution is -0.137. The molecule has 1 fully saturated rings. The first-order valence-corrected chi connectivity index (χ1v) is 6.18. The van der Waals surface area contributed by atoms with Crippen molar-refractivity contribution in [2.45, 2.75) is 41.0 Å². The van der Waals surface area contributed by atoms with Gasteiger partial charge < -0.3 is 10.6 Å². The Kier molecular flexibility index (Phi) is 5.48. The van der Waals surface area contributed by atoms with Crippen LogP contribution >= 0.6 is 12.4 Å². The Balaban J connectivity index is 0.00000256. The summed E-state index contributed by atoms with van der Waals surface area (Å²) in [5, 5.41) is 0. The standard InChI is InChI=1S/C13H26N2O.ClH/c1-10(12(2,3)4)11(16)15-7-6-13(5,8-14)9-15;/h10H,6-9,14H2,1-5H3;1H. The molecule has 2 N–H and O–H groups in total. The predicted octanol–water partition coefficient (Wildman–Crippen LogP) is 2.29. The summed E-state index contributed by atoms with van der Waals surface area (Å²) < 4.78 is 0. The number of hydrogen-bond donors (Lipinski definition) is 1. The molecule has 0 radical (unpaired) electrons. The molecule has 1 amide bonds. The number of nitrogens with two attached hydrogens (primary N) is 1. The number of likely N-dealkylation sites (tertiary alicyclic amines) is 1. The Morgan fingerprint density at radius 2 is 2.00 bits per heavy atom. The normalized spacial score (nSPS) is 26.6. The van der Waals surface area contributed by atoms with Crippen molar-refractivity contribution in [2.24, 2.45) is 22.5 Å². The number of carbonyl (C=O) groups is 1. The molecule has 102 valence electrons. The van der Waals surface area contributed by atoms with Crippen LogP contribution in [0.5, 0.6) is 0 Å². The lowest BCUT2D eigenvalue weighted by atomic mass is 9.81. The lowest BCUT2D eigenvalue weighted by Gasteiger charge is -2.31. The SMILES string of the molecule is CC(C(=O)N1CCC(C)(CN)C1)C(C)(C)C.Cl. The molecule has 1 aliphatic rings. The average Bonchev–Trinajstić information content (AvgIpc) is 2.58. The minimum atomic E-state index is 0. The Bertz CT molecular complexity index is 275. The molecule has 1 heterocycles. The van der Waals surface area contributed by atoms with Crippen molar-refractivity contribution in [1.82, 2.24) is 4.90 Å². The van der Waals surface area contributed by atoms with E-state index >= 15 is 0 Å². The molecule has 0 aromatic carbocycles. The van der Waals surface area contributed by atoms with E-state index in [1.807, 2.05) is 11.8 Å². The molecular formula is C13H27ClN2O. The van der Waals surface area contributed by atoms with Crippen LogP contribution in [0.3, 0.4) is 0 Å². The van der Waals surface area contributed by atoms with Gasteiger partial charge in [-0.25, -0.2) is 0 Å². The third kappa shape index (κ3) is 3.85. The van der Waals surface area contributed by atoms with E-state index in [2.05, 4.69) is 27.7 Å². The second-order valence-corrected chi connectivity index (χ2v) is 6.61. The van der Waals surface area contributed by atoms with E-state index < -0.39 is 0 Å². The van der Waals surface area contributed by atoms with Crippen LogP contribution in [0.2, 0.25) is 0 Å². The molecule has 2 unspecified atom stereocenters. The number of hydrogen-bond acceptors (Lipinski definition) is 2. The van der Waals surface area contributed by atoms with E-state index in [0.29, 0.717) is 6.54 Å². The quantitative estimate of drug-likeness (QED) is 0.830. The zero-order chi connectivity index (χ0) is 12.6. The molecule has 17 heavy (non-hydrogen) atoms. The predicted molar refractivity (Wildman–Crippen MR) is 74.2 cm³/mol. The summed E-state index contributed by atoms with van der Waals surface area (Å²) in [5.41, 5.74) is 5.93. The lowest BCUT2D eigenvalue weighted by Crippen LogP contribution is -2.40. The molecule has 0 saturated carbocycles. The highest BCUT2D eigenvalue weighted by Crippen LogP contribution is 2.33. The smallest absolute Gasteiger partial charge is 0.225 e. The zero-order valence-electron chi connectivity index (χ0n) is 11.7. The molecule has 1 aliphatic heterocycles. The molecule has 4 heteroatoms. The highest BCUT2D eigenvalue weighted by Gasteiger charge is 2.38. The number of halogens is 1. The Hall–Kier alpha value is -0.280. The van der Waals surface area contributed by atoms with Crippen LogP contribution in [0.15, 0.2) is 0 Å². The van der Waals surface area contributed by atoms with Gasteiger partial charge in [-0.1, -0.05) is 34.6 Å². The number of carbonyl (C=O) groups excluding carboxylic acids is 1. The van der Waals surface area contributed by atoms with Crippen LogP contribution in [0, 0.1) is 16.7 Å². The van der Waals surface area contributed by atoms with Gasteiger partial charge in [0.25, 0.3) is 0 Å². The zero-order valence-corrected chi connectivity index (χ0v) is 12.6. The van der Waals surface area contributed by atoms with E-state index in [1.165, 1.54) is 0 Å². The molecular weight excluding hydrogens is 236 g/mol. The summed E-state index contributed by atoms with van der Waals surface area (Å²) in [5.74, 6) is 0.359. The summed E-state index contributed by atoms with van der Waals surface area (Å²) >= 11 is 0. The van der Waals surface area contributed by atoms with Gasteiger partial charge in [-0.2, -0.15) is 0 Å². The van der Waals surface area contributed by atoms with E-state index in [-0.39, 0.29) is 35.1 Å². The van der Waals surface area contributed by atoms with Gasteiger partial charge in [0, 0.05) is 19.0 Å². The molecule has 0 aromatic rings. The summed E-state index contributed by atoms with van der Waals surface area (Å²) in [6, 6.07) is 0. The first-order valence-electron chi connectivity index (χ1n) is 6.18. The van der Waals surface area contributed by atoms with Gasteiger partial charge in [-0.3, -0.25) is 4.79 Å². The van der Waals surface area contributed by atoms with Crippen molar-refractivity contribution >= 4 is 18.3 Å². The second kappa shape index (κ2) is 5.57. The summed E-state index contributed by atoms with van der Waals surface area (Å²) in [6.45, 7) is 12.9. The van der Waals surface area contributed by atoms with Crippen LogP contribution in [-0.2, 0) is 4.79 Å². The first kappa shape index (κ1) is 16.7. The van der Waals surface area contributed by atoms with Crippen LogP contribution in [-0.4, -0.2) is 30.4 Å². The van der Waals surface area contributed by atoms with Gasteiger partial charge in [0.2, 0.25) is 5.91 Å². The van der Waals surface area contributed by atoms with E-state index in [1.54, 1.807) is 0 Å². The highest BCUT2D eigenvalue weighted by molar-refractivity contribution is 5.85. The van der Waals surface area contributed by atoms with E-state index in [9.17, 15) is 4.79 Å². The highest BCUT2D eigenvalue weighted by atomic mass is 35.5. The maximum absolute atomic E-state index is 12.3. The third-order valence-electron chi connectivity index (χ3n) is 4.03. The van der Waals surface area contributed by atoms with Gasteiger partial charge >= 0.3 is 0 Å². The van der Waals surface area contributed by atoms with E-state index in [0.717, 1.165) is 19.5 Å². The molecule has 0 aliphatic carbocycles. The number of nitrogens with zero attached hydrogens (tertiary/aromatic N) is 1. The summed E-state index contributed by atoms with van der Waals surface area (Å²) in [7, 11) is 0. The average molecular weight is 263 g/mol. The van der Waals surface area contributed by atoms with Gasteiger partial charge in [-0.05, 0) is 23.8 Å². The molecule has 3 nitrogen and oxygen atoms in total. The molecule has 0 aromatic heterocycles. The van der Waals surface area contributed by atoms with Crippen LogP contribution < -0.4 is 5.73 Å². The van der Waals surface area contributed by atoms with Crippen molar-refractivity contribution in [3.8, 4) is 0 Å². The Morgan fingerprint density at radius 3 is 2.35 bits per heavy atom. The minimum Gasteiger partial charge on any atom is -0.342 e.